The van der Waals surface area contributed by atoms with E-state index in [4.69, 9.17) is 4.74 Å². The van der Waals surface area contributed by atoms with Gasteiger partial charge in [0.2, 0.25) is 0 Å². The van der Waals surface area contributed by atoms with Crippen LogP contribution in [-0.2, 0) is 4.79 Å². The van der Waals surface area contributed by atoms with Crippen LogP contribution in [-0.4, -0.2) is 24.7 Å². The number of hydrogen-bond acceptors (Lipinski definition) is 3. The molecule has 0 spiro atoms. The quantitative estimate of drug-likeness (QED) is 0.793. The topological polar surface area (TPSA) is 58.6 Å². The Labute approximate surface area is 117 Å². The lowest BCUT2D eigenvalue weighted by atomic mass is 10.0. The summed E-state index contributed by atoms with van der Waals surface area (Å²) in [5.41, 5.74) is 0.719. The summed E-state index contributed by atoms with van der Waals surface area (Å²) in [5.74, 6) is -0.121. The van der Waals surface area contributed by atoms with Crippen molar-refractivity contribution in [2.24, 2.45) is 0 Å². The average Bonchev–Trinajstić information content (AvgIpc) is 2.46. The highest BCUT2D eigenvalue weighted by molar-refractivity contribution is 5.86. The second-order valence-electron chi connectivity index (χ2n) is 4.44. The molecule has 104 valence electrons. The number of hydrogen-bond donors (Lipinski definition) is 2. The fourth-order valence-corrected chi connectivity index (χ4v) is 2.10. The van der Waals surface area contributed by atoms with Gasteiger partial charge in [-0.1, -0.05) is 24.3 Å². The van der Waals surface area contributed by atoms with Gasteiger partial charge < -0.3 is 9.84 Å². The van der Waals surface area contributed by atoms with Crippen molar-refractivity contribution in [1.82, 2.24) is 5.32 Å². The van der Waals surface area contributed by atoms with Crippen LogP contribution in [0.25, 0.3) is 10.8 Å². The third-order valence-corrected chi connectivity index (χ3v) is 3.12. The van der Waals surface area contributed by atoms with E-state index in [1.165, 1.54) is 0 Å². The SMILES string of the molecule is C=CCNC(C(=O)O)c1ccc2cc(OC)ccc2c1. The van der Waals surface area contributed by atoms with Crippen LogP contribution >= 0.6 is 0 Å². The van der Waals surface area contributed by atoms with Gasteiger partial charge in [0, 0.05) is 6.54 Å². The predicted molar refractivity (Wildman–Crippen MR) is 79.1 cm³/mol. The second-order valence-corrected chi connectivity index (χ2v) is 4.44. The Hall–Kier alpha value is -2.33. The summed E-state index contributed by atoms with van der Waals surface area (Å²) in [6.07, 6.45) is 1.64. The van der Waals surface area contributed by atoms with Crippen molar-refractivity contribution in [2.45, 2.75) is 6.04 Å². The minimum absolute atomic E-state index is 0.442. The van der Waals surface area contributed by atoms with Crippen molar-refractivity contribution >= 4 is 16.7 Å². The van der Waals surface area contributed by atoms with Gasteiger partial charge in [0.25, 0.3) is 0 Å². The van der Waals surface area contributed by atoms with Gasteiger partial charge >= 0.3 is 5.97 Å². The molecule has 0 saturated carbocycles. The van der Waals surface area contributed by atoms with Gasteiger partial charge in [-0.15, -0.1) is 6.58 Å². The molecule has 0 heterocycles. The molecule has 0 fully saturated rings. The number of nitrogens with one attached hydrogen (secondary N) is 1. The van der Waals surface area contributed by atoms with E-state index in [2.05, 4.69) is 11.9 Å². The number of ether oxygens (including phenoxy) is 1. The highest BCUT2D eigenvalue weighted by Crippen LogP contribution is 2.24. The highest BCUT2D eigenvalue weighted by atomic mass is 16.5. The molecular weight excluding hydrogens is 254 g/mol. The van der Waals surface area contributed by atoms with Crippen molar-refractivity contribution in [3.8, 4) is 5.75 Å². The fraction of sp³-hybridized carbons (Fsp3) is 0.188. The van der Waals surface area contributed by atoms with Gasteiger partial charge in [-0.3, -0.25) is 10.1 Å². The van der Waals surface area contributed by atoms with Crippen LogP contribution in [0.3, 0.4) is 0 Å². The molecule has 4 nitrogen and oxygen atoms in total. The molecule has 0 aliphatic rings. The van der Waals surface area contributed by atoms with Crippen LogP contribution in [0.4, 0.5) is 0 Å². The summed E-state index contributed by atoms with van der Waals surface area (Å²) < 4.78 is 5.17. The Balaban J connectivity index is 2.38. The number of carbonyl (C=O) groups is 1. The molecule has 0 bridgehead atoms. The maximum atomic E-state index is 11.3. The third-order valence-electron chi connectivity index (χ3n) is 3.12. The standard InChI is InChI=1S/C16H17NO3/c1-3-8-17-15(16(18)19)13-5-4-12-10-14(20-2)7-6-11(12)9-13/h3-7,9-10,15,17H,1,8H2,2H3,(H,18,19). The van der Waals surface area contributed by atoms with Crippen LogP contribution in [0.1, 0.15) is 11.6 Å². The van der Waals surface area contributed by atoms with Crippen molar-refractivity contribution in [3.05, 3.63) is 54.6 Å². The molecule has 2 aromatic carbocycles. The zero-order valence-corrected chi connectivity index (χ0v) is 11.3. The summed E-state index contributed by atoms with van der Waals surface area (Å²) in [5, 5.41) is 14.2. The first-order valence-electron chi connectivity index (χ1n) is 6.30. The van der Waals surface area contributed by atoms with Crippen LogP contribution in [0, 0.1) is 0 Å². The first-order valence-corrected chi connectivity index (χ1v) is 6.30. The summed E-state index contributed by atoms with van der Waals surface area (Å²) >= 11 is 0. The highest BCUT2D eigenvalue weighted by Gasteiger charge is 2.18. The number of rotatable bonds is 6. The molecule has 2 rings (SSSR count). The molecule has 0 radical (unpaired) electrons. The maximum Gasteiger partial charge on any atom is 0.325 e. The van der Waals surface area contributed by atoms with E-state index < -0.39 is 12.0 Å². The average molecular weight is 271 g/mol. The molecule has 0 saturated heterocycles. The third kappa shape index (κ3) is 2.97. The minimum atomic E-state index is -0.903. The van der Waals surface area contributed by atoms with Gasteiger partial charge in [0.1, 0.15) is 11.8 Å². The number of methoxy groups -OCH3 is 1. The summed E-state index contributed by atoms with van der Waals surface area (Å²) in [7, 11) is 1.62. The molecule has 4 heteroatoms. The molecule has 0 aliphatic carbocycles. The van der Waals surface area contributed by atoms with E-state index in [1.807, 2.05) is 36.4 Å². The summed E-state index contributed by atoms with van der Waals surface area (Å²) in [4.78, 5) is 11.3. The minimum Gasteiger partial charge on any atom is -0.497 e. The van der Waals surface area contributed by atoms with Crippen LogP contribution in [0.5, 0.6) is 5.75 Å². The first kappa shape index (κ1) is 14.1. The van der Waals surface area contributed by atoms with Gasteiger partial charge in [0.05, 0.1) is 7.11 Å². The Bertz CT molecular complexity index is 637. The number of carboxylic acids is 1. The van der Waals surface area contributed by atoms with E-state index in [1.54, 1.807) is 13.2 Å². The zero-order valence-electron chi connectivity index (χ0n) is 11.3. The van der Waals surface area contributed by atoms with E-state index in [9.17, 15) is 9.90 Å². The van der Waals surface area contributed by atoms with Gasteiger partial charge in [0.15, 0.2) is 0 Å². The Morgan fingerprint density at radius 2 is 2.05 bits per heavy atom. The lowest BCUT2D eigenvalue weighted by Gasteiger charge is -2.14. The number of benzene rings is 2. The normalized spacial score (nSPS) is 12.1. The molecular formula is C16H17NO3. The molecule has 0 amide bonds. The molecule has 0 aliphatic heterocycles. The van der Waals surface area contributed by atoms with Crippen LogP contribution in [0.2, 0.25) is 0 Å². The van der Waals surface area contributed by atoms with Gasteiger partial charge in [-0.2, -0.15) is 0 Å². The molecule has 1 atom stereocenters. The monoisotopic (exact) mass is 271 g/mol. The smallest absolute Gasteiger partial charge is 0.325 e. The van der Waals surface area contributed by atoms with Crippen LogP contribution < -0.4 is 10.1 Å². The Morgan fingerprint density at radius 1 is 1.35 bits per heavy atom. The Morgan fingerprint density at radius 3 is 2.70 bits per heavy atom. The number of fused-ring (bicyclic) bond motifs is 1. The van der Waals surface area contributed by atoms with Crippen molar-refractivity contribution in [2.75, 3.05) is 13.7 Å². The largest absolute Gasteiger partial charge is 0.497 e. The van der Waals surface area contributed by atoms with Crippen molar-refractivity contribution < 1.29 is 14.6 Å². The zero-order chi connectivity index (χ0) is 14.5. The molecule has 20 heavy (non-hydrogen) atoms. The van der Waals surface area contributed by atoms with E-state index in [0.29, 0.717) is 6.54 Å². The lowest BCUT2D eigenvalue weighted by Crippen LogP contribution is -2.28. The molecule has 1 unspecified atom stereocenters. The van der Waals surface area contributed by atoms with Gasteiger partial charge in [-0.05, 0) is 34.5 Å². The molecule has 2 aromatic rings. The van der Waals surface area contributed by atoms with Crippen molar-refractivity contribution in [3.63, 3.8) is 0 Å². The maximum absolute atomic E-state index is 11.3. The summed E-state index contributed by atoms with van der Waals surface area (Å²) in [6, 6.07) is 10.6. The van der Waals surface area contributed by atoms with E-state index in [0.717, 1.165) is 22.1 Å². The fourth-order valence-electron chi connectivity index (χ4n) is 2.10. The predicted octanol–water partition coefficient (Wildman–Crippen LogP) is 2.75. The second kappa shape index (κ2) is 6.21. The first-order chi connectivity index (χ1) is 9.65. The summed E-state index contributed by atoms with van der Waals surface area (Å²) in [6.45, 7) is 4.03. The molecule has 2 N–H and O–H groups in total. The number of carboxylic acid groups (broad SMARTS) is 1. The van der Waals surface area contributed by atoms with Gasteiger partial charge in [-0.25, -0.2) is 0 Å². The van der Waals surface area contributed by atoms with Crippen LogP contribution in [0.15, 0.2) is 49.1 Å². The molecule has 0 aromatic heterocycles. The lowest BCUT2D eigenvalue weighted by molar-refractivity contribution is -0.139. The van der Waals surface area contributed by atoms with Crippen molar-refractivity contribution in [1.29, 1.82) is 0 Å². The van der Waals surface area contributed by atoms with E-state index >= 15 is 0 Å². The Kier molecular flexibility index (Phi) is 4.38. The number of aliphatic carboxylic acids is 1. The van der Waals surface area contributed by atoms with E-state index in [-0.39, 0.29) is 0 Å².